The molecule has 0 fully saturated rings. The summed E-state index contributed by atoms with van der Waals surface area (Å²) in [5.74, 6) is 0.205. The van der Waals surface area contributed by atoms with E-state index in [9.17, 15) is 9.18 Å². The van der Waals surface area contributed by atoms with Crippen LogP contribution in [0.3, 0.4) is 0 Å². The Labute approximate surface area is 118 Å². The molecular formula is C17H17FO2. The average Bonchev–Trinajstić information content (AvgIpc) is 2.40. The number of ketones is 1. The van der Waals surface area contributed by atoms with Gasteiger partial charge in [-0.3, -0.25) is 4.79 Å². The Hall–Kier alpha value is -2.16. The fourth-order valence-corrected chi connectivity index (χ4v) is 2.00. The number of carbonyl (C=O) groups excluding carboxylic acids is 1. The van der Waals surface area contributed by atoms with Crippen molar-refractivity contribution in [3.05, 3.63) is 64.5 Å². The van der Waals surface area contributed by atoms with E-state index in [0.717, 1.165) is 16.7 Å². The molecule has 0 spiro atoms. The molecule has 0 heterocycles. The van der Waals surface area contributed by atoms with Crippen LogP contribution in [0.1, 0.15) is 34.0 Å². The highest BCUT2D eigenvalue weighted by molar-refractivity contribution is 5.97. The smallest absolute Gasteiger partial charge is 0.163 e. The molecular weight excluding hydrogens is 255 g/mol. The SMILES string of the molecule is CC(=O)c1cc(C)ccc1OCc1cc(F)ccc1C. The van der Waals surface area contributed by atoms with Gasteiger partial charge in [-0.05, 0) is 56.2 Å². The molecule has 2 rings (SSSR count). The third kappa shape index (κ3) is 3.23. The minimum atomic E-state index is -0.287. The standard InChI is InChI=1S/C17H17FO2/c1-11-4-7-17(16(8-11)13(3)19)20-10-14-9-15(18)6-5-12(14)2/h4-9H,10H2,1-3H3. The summed E-state index contributed by atoms with van der Waals surface area (Å²) in [4.78, 5) is 11.6. The van der Waals surface area contributed by atoms with Crippen LogP contribution < -0.4 is 4.74 Å². The maximum atomic E-state index is 13.2. The molecule has 104 valence electrons. The number of rotatable bonds is 4. The number of benzene rings is 2. The van der Waals surface area contributed by atoms with E-state index >= 15 is 0 Å². The maximum absolute atomic E-state index is 13.2. The van der Waals surface area contributed by atoms with Crippen molar-refractivity contribution in [3.8, 4) is 5.75 Å². The lowest BCUT2D eigenvalue weighted by Crippen LogP contribution is -2.03. The highest BCUT2D eigenvalue weighted by atomic mass is 19.1. The fraction of sp³-hybridized carbons (Fsp3) is 0.235. The van der Waals surface area contributed by atoms with E-state index in [1.807, 2.05) is 19.9 Å². The topological polar surface area (TPSA) is 26.3 Å². The van der Waals surface area contributed by atoms with Gasteiger partial charge in [-0.25, -0.2) is 4.39 Å². The number of aryl methyl sites for hydroxylation is 2. The van der Waals surface area contributed by atoms with Crippen LogP contribution in [0.5, 0.6) is 5.75 Å². The van der Waals surface area contributed by atoms with Crippen molar-refractivity contribution in [2.75, 3.05) is 0 Å². The Morgan fingerprint density at radius 2 is 1.90 bits per heavy atom. The summed E-state index contributed by atoms with van der Waals surface area (Å²) in [5, 5.41) is 0. The summed E-state index contributed by atoms with van der Waals surface area (Å²) in [5.41, 5.74) is 3.30. The van der Waals surface area contributed by atoms with E-state index in [1.165, 1.54) is 19.1 Å². The van der Waals surface area contributed by atoms with E-state index in [4.69, 9.17) is 4.74 Å². The minimum Gasteiger partial charge on any atom is -0.488 e. The number of hydrogen-bond acceptors (Lipinski definition) is 2. The van der Waals surface area contributed by atoms with Crippen LogP contribution in [0.4, 0.5) is 4.39 Å². The quantitative estimate of drug-likeness (QED) is 0.779. The molecule has 0 amide bonds. The predicted molar refractivity (Wildman–Crippen MR) is 76.7 cm³/mol. The Kier molecular flexibility index (Phi) is 4.18. The van der Waals surface area contributed by atoms with E-state index < -0.39 is 0 Å². The zero-order valence-corrected chi connectivity index (χ0v) is 11.9. The Morgan fingerprint density at radius 1 is 1.15 bits per heavy atom. The molecule has 0 saturated heterocycles. The van der Waals surface area contributed by atoms with Crippen LogP contribution in [0.15, 0.2) is 36.4 Å². The second-order valence-electron chi connectivity index (χ2n) is 4.92. The van der Waals surface area contributed by atoms with Crippen LogP contribution in [0, 0.1) is 19.7 Å². The van der Waals surface area contributed by atoms with Gasteiger partial charge in [0, 0.05) is 0 Å². The monoisotopic (exact) mass is 272 g/mol. The molecule has 20 heavy (non-hydrogen) atoms. The van der Waals surface area contributed by atoms with E-state index in [-0.39, 0.29) is 18.2 Å². The molecule has 0 aliphatic rings. The predicted octanol–water partition coefficient (Wildman–Crippen LogP) is 4.22. The van der Waals surface area contributed by atoms with Gasteiger partial charge in [0.15, 0.2) is 5.78 Å². The number of Topliss-reactive ketones (excluding diaryl/α,β-unsaturated/α-hetero) is 1. The van der Waals surface area contributed by atoms with Crippen molar-refractivity contribution < 1.29 is 13.9 Å². The lowest BCUT2D eigenvalue weighted by Gasteiger charge is -2.12. The molecule has 0 N–H and O–H groups in total. The summed E-state index contributed by atoms with van der Waals surface area (Å²) in [6.07, 6.45) is 0. The lowest BCUT2D eigenvalue weighted by atomic mass is 10.1. The maximum Gasteiger partial charge on any atom is 0.163 e. The number of carbonyl (C=O) groups is 1. The van der Waals surface area contributed by atoms with Crippen LogP contribution in [0.2, 0.25) is 0 Å². The van der Waals surface area contributed by atoms with Gasteiger partial charge in [-0.1, -0.05) is 17.7 Å². The molecule has 2 nitrogen and oxygen atoms in total. The van der Waals surface area contributed by atoms with Gasteiger partial charge in [0.05, 0.1) is 5.56 Å². The fourth-order valence-electron chi connectivity index (χ4n) is 2.00. The summed E-state index contributed by atoms with van der Waals surface area (Å²) in [6.45, 7) is 5.58. The van der Waals surface area contributed by atoms with Crippen LogP contribution in [-0.2, 0) is 6.61 Å². The Balaban J connectivity index is 2.23. The molecule has 0 atom stereocenters. The molecule has 0 unspecified atom stereocenters. The van der Waals surface area contributed by atoms with Crippen LogP contribution >= 0.6 is 0 Å². The van der Waals surface area contributed by atoms with Gasteiger partial charge >= 0.3 is 0 Å². The molecule has 2 aromatic rings. The summed E-state index contributed by atoms with van der Waals surface area (Å²) < 4.78 is 18.9. The van der Waals surface area contributed by atoms with Crippen LogP contribution in [0.25, 0.3) is 0 Å². The molecule has 0 saturated carbocycles. The van der Waals surface area contributed by atoms with Crippen molar-refractivity contribution in [1.29, 1.82) is 0 Å². The summed E-state index contributed by atoms with van der Waals surface area (Å²) >= 11 is 0. The number of hydrogen-bond donors (Lipinski definition) is 0. The normalized spacial score (nSPS) is 10.4. The minimum absolute atomic E-state index is 0.0420. The average molecular weight is 272 g/mol. The van der Waals surface area contributed by atoms with E-state index in [1.54, 1.807) is 18.2 Å². The molecule has 2 aromatic carbocycles. The largest absolute Gasteiger partial charge is 0.488 e. The zero-order chi connectivity index (χ0) is 14.7. The second kappa shape index (κ2) is 5.87. The first-order valence-electron chi connectivity index (χ1n) is 6.47. The lowest BCUT2D eigenvalue weighted by molar-refractivity contribution is 0.101. The van der Waals surface area contributed by atoms with Crippen LogP contribution in [-0.4, -0.2) is 5.78 Å². The van der Waals surface area contributed by atoms with Crippen molar-refractivity contribution >= 4 is 5.78 Å². The van der Waals surface area contributed by atoms with Crippen molar-refractivity contribution in [1.82, 2.24) is 0 Å². The zero-order valence-electron chi connectivity index (χ0n) is 11.9. The highest BCUT2D eigenvalue weighted by Crippen LogP contribution is 2.22. The summed E-state index contributed by atoms with van der Waals surface area (Å²) in [6, 6.07) is 10.1. The van der Waals surface area contributed by atoms with E-state index in [2.05, 4.69) is 0 Å². The first-order chi connectivity index (χ1) is 9.47. The Morgan fingerprint density at radius 3 is 2.60 bits per heavy atom. The van der Waals surface area contributed by atoms with Crippen molar-refractivity contribution in [3.63, 3.8) is 0 Å². The second-order valence-corrected chi connectivity index (χ2v) is 4.92. The summed E-state index contributed by atoms with van der Waals surface area (Å²) in [7, 11) is 0. The van der Waals surface area contributed by atoms with Crippen molar-refractivity contribution in [2.24, 2.45) is 0 Å². The van der Waals surface area contributed by atoms with Crippen molar-refractivity contribution in [2.45, 2.75) is 27.4 Å². The molecule has 0 aromatic heterocycles. The highest BCUT2D eigenvalue weighted by Gasteiger charge is 2.10. The van der Waals surface area contributed by atoms with Gasteiger partial charge in [0.2, 0.25) is 0 Å². The van der Waals surface area contributed by atoms with Gasteiger partial charge in [-0.2, -0.15) is 0 Å². The molecule has 0 bridgehead atoms. The number of ether oxygens (including phenoxy) is 1. The Bertz CT molecular complexity index is 647. The molecule has 0 aliphatic carbocycles. The molecule has 3 heteroatoms. The van der Waals surface area contributed by atoms with Gasteiger partial charge < -0.3 is 4.74 Å². The first kappa shape index (κ1) is 14.3. The van der Waals surface area contributed by atoms with E-state index in [0.29, 0.717) is 11.3 Å². The third-order valence-electron chi connectivity index (χ3n) is 3.21. The van der Waals surface area contributed by atoms with Gasteiger partial charge in [0.25, 0.3) is 0 Å². The third-order valence-corrected chi connectivity index (χ3v) is 3.21. The molecule has 0 radical (unpaired) electrons. The number of halogens is 1. The molecule has 0 aliphatic heterocycles. The first-order valence-corrected chi connectivity index (χ1v) is 6.47. The van der Waals surface area contributed by atoms with Gasteiger partial charge in [-0.15, -0.1) is 0 Å². The van der Waals surface area contributed by atoms with Gasteiger partial charge in [0.1, 0.15) is 18.2 Å².